The van der Waals surface area contributed by atoms with E-state index >= 15 is 0 Å². The first-order valence-corrected chi connectivity index (χ1v) is 7.34. The number of methoxy groups -OCH3 is 2. The minimum Gasteiger partial charge on any atom is -0.493 e. The number of aryl methyl sites for hydroxylation is 1. The molecule has 1 amide bonds. The average Bonchev–Trinajstić information content (AvgIpc) is 2.77. The number of aliphatic hydroxyl groups is 1. The standard InChI is InChI=1S/C16H24N2O4/c1-10-4-12(16(22-3)14(5-10)21-2)8-18-7-11(6-15(17)20)13(19)9-18/h4-5,11,13,19H,6-9H2,1-3H3,(H2,17,20)/t11-,13-/m1/s1. The fourth-order valence-electron chi connectivity index (χ4n) is 3.08. The van der Waals surface area contributed by atoms with Gasteiger partial charge in [-0.05, 0) is 18.6 Å². The lowest BCUT2D eigenvalue weighted by Gasteiger charge is -2.19. The fourth-order valence-corrected chi connectivity index (χ4v) is 3.08. The zero-order valence-corrected chi connectivity index (χ0v) is 13.3. The molecule has 1 aromatic carbocycles. The van der Waals surface area contributed by atoms with Crippen molar-refractivity contribution in [3.63, 3.8) is 0 Å². The van der Waals surface area contributed by atoms with Gasteiger partial charge in [-0.15, -0.1) is 0 Å². The van der Waals surface area contributed by atoms with Crippen LogP contribution in [0.3, 0.4) is 0 Å². The van der Waals surface area contributed by atoms with Gasteiger partial charge in [0.1, 0.15) is 0 Å². The third-order valence-electron chi connectivity index (χ3n) is 4.04. The van der Waals surface area contributed by atoms with Crippen LogP contribution in [0, 0.1) is 12.8 Å². The number of amides is 1. The summed E-state index contributed by atoms with van der Waals surface area (Å²) in [6, 6.07) is 3.98. The number of nitrogens with two attached hydrogens (primary N) is 1. The summed E-state index contributed by atoms with van der Waals surface area (Å²) in [5, 5.41) is 10.1. The number of aliphatic hydroxyl groups excluding tert-OH is 1. The summed E-state index contributed by atoms with van der Waals surface area (Å²) in [7, 11) is 3.23. The first kappa shape index (κ1) is 16.6. The van der Waals surface area contributed by atoms with Gasteiger partial charge in [-0.1, -0.05) is 6.07 Å². The maximum absolute atomic E-state index is 11.1. The Morgan fingerprint density at radius 2 is 2.09 bits per heavy atom. The molecule has 0 bridgehead atoms. The highest BCUT2D eigenvalue weighted by Crippen LogP contribution is 2.34. The molecule has 122 valence electrons. The van der Waals surface area contributed by atoms with Crippen molar-refractivity contribution in [2.75, 3.05) is 27.3 Å². The van der Waals surface area contributed by atoms with Crippen LogP contribution in [0.4, 0.5) is 0 Å². The Morgan fingerprint density at radius 3 is 2.68 bits per heavy atom. The fraction of sp³-hybridized carbons (Fsp3) is 0.562. The summed E-state index contributed by atoms with van der Waals surface area (Å²) in [5.74, 6) is 0.933. The average molecular weight is 308 g/mol. The van der Waals surface area contributed by atoms with E-state index in [1.807, 2.05) is 13.0 Å². The highest BCUT2D eigenvalue weighted by molar-refractivity contribution is 5.74. The van der Waals surface area contributed by atoms with E-state index in [9.17, 15) is 9.90 Å². The van der Waals surface area contributed by atoms with Crippen LogP contribution in [-0.4, -0.2) is 49.3 Å². The van der Waals surface area contributed by atoms with Gasteiger partial charge >= 0.3 is 0 Å². The first-order chi connectivity index (χ1) is 10.4. The third-order valence-corrected chi connectivity index (χ3v) is 4.04. The van der Waals surface area contributed by atoms with E-state index in [4.69, 9.17) is 15.2 Å². The number of hydrogen-bond donors (Lipinski definition) is 2. The monoisotopic (exact) mass is 308 g/mol. The molecule has 0 unspecified atom stereocenters. The lowest BCUT2D eigenvalue weighted by atomic mass is 10.0. The molecule has 3 N–H and O–H groups in total. The Kier molecular flexibility index (Phi) is 5.26. The number of nitrogens with zero attached hydrogens (tertiary/aromatic N) is 1. The van der Waals surface area contributed by atoms with E-state index in [-0.39, 0.29) is 18.2 Å². The number of primary amides is 1. The smallest absolute Gasteiger partial charge is 0.217 e. The number of hydrogen-bond acceptors (Lipinski definition) is 5. The number of carbonyl (C=O) groups excluding carboxylic acids is 1. The molecular weight excluding hydrogens is 284 g/mol. The molecule has 1 saturated heterocycles. The lowest BCUT2D eigenvalue weighted by molar-refractivity contribution is -0.119. The normalized spacial score (nSPS) is 21.8. The molecule has 6 heteroatoms. The Bertz CT molecular complexity index is 547. The van der Waals surface area contributed by atoms with Crippen LogP contribution in [0.2, 0.25) is 0 Å². The first-order valence-electron chi connectivity index (χ1n) is 7.34. The van der Waals surface area contributed by atoms with E-state index in [1.54, 1.807) is 14.2 Å². The Morgan fingerprint density at radius 1 is 1.36 bits per heavy atom. The molecule has 1 aliphatic rings. The van der Waals surface area contributed by atoms with E-state index in [0.717, 1.165) is 11.1 Å². The highest BCUT2D eigenvalue weighted by atomic mass is 16.5. The number of rotatable bonds is 6. The quantitative estimate of drug-likeness (QED) is 0.807. The molecule has 1 fully saturated rings. The van der Waals surface area contributed by atoms with Gasteiger partial charge in [-0.25, -0.2) is 0 Å². The van der Waals surface area contributed by atoms with E-state index in [0.29, 0.717) is 31.1 Å². The second-order valence-electron chi connectivity index (χ2n) is 5.85. The number of ether oxygens (including phenoxy) is 2. The van der Waals surface area contributed by atoms with Gasteiger partial charge in [-0.3, -0.25) is 9.69 Å². The van der Waals surface area contributed by atoms with Crippen molar-refractivity contribution in [3.05, 3.63) is 23.3 Å². The summed E-state index contributed by atoms with van der Waals surface area (Å²) in [5.41, 5.74) is 7.32. The van der Waals surface area contributed by atoms with Crippen LogP contribution < -0.4 is 15.2 Å². The van der Waals surface area contributed by atoms with Gasteiger partial charge in [-0.2, -0.15) is 0 Å². The molecule has 1 aromatic rings. The van der Waals surface area contributed by atoms with Crippen LogP contribution in [0.25, 0.3) is 0 Å². The molecule has 1 aliphatic heterocycles. The van der Waals surface area contributed by atoms with Gasteiger partial charge in [0.25, 0.3) is 0 Å². The van der Waals surface area contributed by atoms with Crippen molar-refractivity contribution in [2.24, 2.45) is 11.7 Å². The topological polar surface area (TPSA) is 85.0 Å². The van der Waals surface area contributed by atoms with Crippen LogP contribution in [0.5, 0.6) is 11.5 Å². The SMILES string of the molecule is COc1cc(C)cc(CN2C[C@@H](CC(N)=O)[C@H](O)C2)c1OC. The molecular formula is C16H24N2O4. The Balaban J connectivity index is 2.14. The van der Waals surface area contributed by atoms with Crippen molar-refractivity contribution in [1.29, 1.82) is 0 Å². The molecule has 0 radical (unpaired) electrons. The van der Waals surface area contributed by atoms with Gasteiger partial charge < -0.3 is 20.3 Å². The molecule has 0 aromatic heterocycles. The predicted molar refractivity (Wildman–Crippen MR) is 82.9 cm³/mol. The summed E-state index contributed by atoms with van der Waals surface area (Å²) >= 11 is 0. The van der Waals surface area contributed by atoms with E-state index in [1.165, 1.54) is 0 Å². The van der Waals surface area contributed by atoms with E-state index < -0.39 is 6.10 Å². The molecule has 22 heavy (non-hydrogen) atoms. The Labute approximate surface area is 130 Å². The maximum Gasteiger partial charge on any atom is 0.217 e. The summed E-state index contributed by atoms with van der Waals surface area (Å²) in [4.78, 5) is 13.2. The summed E-state index contributed by atoms with van der Waals surface area (Å²) < 4.78 is 10.8. The third kappa shape index (κ3) is 3.69. The minimum absolute atomic E-state index is 0.102. The Hall–Kier alpha value is -1.79. The van der Waals surface area contributed by atoms with E-state index in [2.05, 4.69) is 11.0 Å². The second-order valence-corrected chi connectivity index (χ2v) is 5.85. The zero-order chi connectivity index (χ0) is 16.3. The van der Waals surface area contributed by atoms with Crippen molar-refractivity contribution in [2.45, 2.75) is 26.0 Å². The summed E-state index contributed by atoms with van der Waals surface area (Å²) in [6.45, 7) is 3.80. The zero-order valence-electron chi connectivity index (χ0n) is 13.3. The van der Waals surface area contributed by atoms with Gasteiger partial charge in [0.2, 0.25) is 5.91 Å². The van der Waals surface area contributed by atoms with Gasteiger partial charge in [0, 0.05) is 37.5 Å². The largest absolute Gasteiger partial charge is 0.493 e. The van der Waals surface area contributed by atoms with Crippen LogP contribution in [0.15, 0.2) is 12.1 Å². The number of likely N-dealkylation sites (tertiary alicyclic amines) is 1. The summed E-state index contributed by atoms with van der Waals surface area (Å²) in [6.07, 6.45) is -0.309. The molecule has 1 heterocycles. The highest BCUT2D eigenvalue weighted by Gasteiger charge is 2.32. The molecule has 0 saturated carbocycles. The second kappa shape index (κ2) is 6.98. The maximum atomic E-state index is 11.1. The van der Waals surface area contributed by atoms with Crippen LogP contribution >= 0.6 is 0 Å². The number of β-amino-alcohol motifs (C(OH)–C–C–N with tert-alkyl or cyclic N) is 1. The van der Waals surface area contributed by atoms with Crippen molar-refractivity contribution < 1.29 is 19.4 Å². The molecule has 2 rings (SSSR count). The molecule has 2 atom stereocenters. The lowest BCUT2D eigenvalue weighted by Crippen LogP contribution is -2.24. The predicted octanol–water partition coefficient (Wildman–Crippen LogP) is 0.680. The van der Waals surface area contributed by atoms with Crippen LogP contribution in [-0.2, 0) is 11.3 Å². The van der Waals surface area contributed by atoms with Crippen molar-refractivity contribution in [3.8, 4) is 11.5 Å². The van der Waals surface area contributed by atoms with Gasteiger partial charge in [0.05, 0.1) is 20.3 Å². The van der Waals surface area contributed by atoms with Crippen molar-refractivity contribution in [1.82, 2.24) is 4.90 Å². The number of carbonyl (C=O) groups is 1. The number of benzene rings is 1. The van der Waals surface area contributed by atoms with Crippen LogP contribution in [0.1, 0.15) is 17.5 Å². The minimum atomic E-state index is -0.523. The van der Waals surface area contributed by atoms with Gasteiger partial charge in [0.15, 0.2) is 11.5 Å². The molecule has 0 aliphatic carbocycles. The molecule has 6 nitrogen and oxygen atoms in total. The van der Waals surface area contributed by atoms with Crippen molar-refractivity contribution >= 4 is 5.91 Å². The molecule has 0 spiro atoms.